The van der Waals surface area contributed by atoms with Crippen LogP contribution in [0.2, 0.25) is 5.02 Å². The molecule has 1 nitrogen and oxygen atoms in total. The van der Waals surface area contributed by atoms with Crippen molar-refractivity contribution in [1.82, 2.24) is 0 Å². The molecule has 0 aliphatic carbocycles. The maximum Gasteiger partial charge on any atom is 0.0438 e. The Morgan fingerprint density at radius 1 is 1.00 bits per heavy atom. The Hall–Kier alpha value is -0.830. The molecule has 0 amide bonds. The molecule has 2 rings (SSSR count). The highest BCUT2D eigenvalue weighted by Crippen LogP contribution is 2.21. The third-order valence-electron chi connectivity index (χ3n) is 3.24. The number of nitrogens with two attached hydrogens (primary N) is 1. The van der Waals surface area contributed by atoms with Gasteiger partial charge in [-0.1, -0.05) is 57.9 Å². The first kappa shape index (κ1) is 14.6. The van der Waals surface area contributed by atoms with Gasteiger partial charge in [-0.15, -0.1) is 0 Å². The molecular formula is C16H17BrClN. The lowest BCUT2D eigenvalue weighted by molar-refractivity contribution is 0.533. The van der Waals surface area contributed by atoms with Crippen LogP contribution in [-0.4, -0.2) is 6.54 Å². The Morgan fingerprint density at radius 3 is 2.32 bits per heavy atom. The van der Waals surface area contributed by atoms with Gasteiger partial charge in [-0.25, -0.2) is 0 Å². The van der Waals surface area contributed by atoms with Crippen molar-refractivity contribution < 1.29 is 0 Å². The fourth-order valence-corrected chi connectivity index (χ4v) is 2.64. The molecule has 1 atom stereocenters. The molecule has 0 spiro atoms. The van der Waals surface area contributed by atoms with Crippen LogP contribution in [0.5, 0.6) is 0 Å². The summed E-state index contributed by atoms with van der Waals surface area (Å²) in [6.45, 7) is 0.668. The van der Waals surface area contributed by atoms with E-state index >= 15 is 0 Å². The van der Waals surface area contributed by atoms with Gasteiger partial charge in [0.1, 0.15) is 0 Å². The Balaban J connectivity index is 2.05. The fraction of sp³-hybridized carbons (Fsp3) is 0.250. The summed E-state index contributed by atoms with van der Waals surface area (Å²) in [5.74, 6) is 0.418. The number of rotatable bonds is 5. The second kappa shape index (κ2) is 7.09. The molecule has 0 bridgehead atoms. The van der Waals surface area contributed by atoms with Crippen LogP contribution < -0.4 is 5.73 Å². The molecule has 100 valence electrons. The summed E-state index contributed by atoms with van der Waals surface area (Å²) in [5, 5.41) is 0.830. The van der Waals surface area contributed by atoms with Crippen molar-refractivity contribution in [2.24, 2.45) is 11.7 Å². The largest absolute Gasteiger partial charge is 0.330 e. The van der Waals surface area contributed by atoms with Crippen LogP contribution in [0, 0.1) is 5.92 Å². The zero-order valence-corrected chi connectivity index (χ0v) is 13.0. The first-order valence-electron chi connectivity index (χ1n) is 6.37. The molecule has 2 aromatic rings. The van der Waals surface area contributed by atoms with E-state index in [0.717, 1.165) is 22.3 Å². The molecule has 0 aromatic heterocycles. The first-order chi connectivity index (χ1) is 9.19. The Bertz CT molecular complexity index is 525. The van der Waals surface area contributed by atoms with Gasteiger partial charge in [0.25, 0.3) is 0 Å². The lowest BCUT2D eigenvalue weighted by atomic mass is 9.93. The predicted octanol–water partition coefficient (Wildman–Crippen LogP) is 4.46. The van der Waals surface area contributed by atoms with Crippen molar-refractivity contribution in [2.75, 3.05) is 6.54 Å². The predicted molar refractivity (Wildman–Crippen MR) is 85.5 cm³/mol. The van der Waals surface area contributed by atoms with E-state index in [4.69, 9.17) is 17.3 Å². The highest BCUT2D eigenvalue weighted by atomic mass is 79.9. The summed E-state index contributed by atoms with van der Waals surface area (Å²) in [4.78, 5) is 0. The normalized spacial score (nSPS) is 12.4. The summed E-state index contributed by atoms with van der Waals surface area (Å²) >= 11 is 9.65. The van der Waals surface area contributed by atoms with Gasteiger partial charge in [-0.2, -0.15) is 0 Å². The van der Waals surface area contributed by atoms with Crippen LogP contribution in [0.3, 0.4) is 0 Å². The van der Waals surface area contributed by atoms with Gasteiger partial charge < -0.3 is 5.73 Å². The van der Waals surface area contributed by atoms with Crippen LogP contribution >= 0.6 is 27.5 Å². The molecule has 2 aromatic carbocycles. The maximum atomic E-state index is 6.20. The van der Waals surface area contributed by atoms with E-state index in [0.29, 0.717) is 12.5 Å². The Morgan fingerprint density at radius 2 is 1.68 bits per heavy atom. The van der Waals surface area contributed by atoms with Gasteiger partial charge in [0.2, 0.25) is 0 Å². The van der Waals surface area contributed by atoms with Crippen molar-refractivity contribution in [3.63, 3.8) is 0 Å². The average molecular weight is 339 g/mol. The Labute approximate surface area is 127 Å². The van der Waals surface area contributed by atoms with Crippen LogP contribution in [-0.2, 0) is 12.8 Å². The summed E-state index contributed by atoms with van der Waals surface area (Å²) in [6.07, 6.45) is 1.90. The monoisotopic (exact) mass is 337 g/mol. The molecule has 19 heavy (non-hydrogen) atoms. The molecule has 0 radical (unpaired) electrons. The SMILES string of the molecule is NCC(Cc1ccc(Br)cc1)Cc1ccccc1Cl. The van der Waals surface area contributed by atoms with Crippen molar-refractivity contribution in [2.45, 2.75) is 12.8 Å². The van der Waals surface area contributed by atoms with Gasteiger partial charge in [0.15, 0.2) is 0 Å². The zero-order valence-electron chi connectivity index (χ0n) is 10.7. The zero-order chi connectivity index (χ0) is 13.7. The highest BCUT2D eigenvalue weighted by molar-refractivity contribution is 9.10. The standard InChI is InChI=1S/C16H17BrClN/c17-15-7-5-12(6-8-15)9-13(11-19)10-14-3-1-2-4-16(14)18/h1-8,13H,9-11,19H2. The summed E-state index contributed by atoms with van der Waals surface area (Å²) < 4.78 is 1.10. The molecule has 1 unspecified atom stereocenters. The highest BCUT2D eigenvalue weighted by Gasteiger charge is 2.11. The van der Waals surface area contributed by atoms with E-state index < -0.39 is 0 Å². The quantitative estimate of drug-likeness (QED) is 0.855. The number of hydrogen-bond donors (Lipinski definition) is 1. The van der Waals surface area contributed by atoms with Gasteiger partial charge in [0, 0.05) is 9.50 Å². The van der Waals surface area contributed by atoms with Crippen LogP contribution in [0.4, 0.5) is 0 Å². The van der Waals surface area contributed by atoms with Crippen molar-refractivity contribution in [3.8, 4) is 0 Å². The maximum absolute atomic E-state index is 6.20. The summed E-state index contributed by atoms with van der Waals surface area (Å²) in [7, 11) is 0. The smallest absolute Gasteiger partial charge is 0.0438 e. The molecule has 0 saturated heterocycles. The third kappa shape index (κ3) is 4.34. The van der Waals surface area contributed by atoms with E-state index in [1.54, 1.807) is 0 Å². The lowest BCUT2D eigenvalue weighted by Crippen LogP contribution is -2.19. The first-order valence-corrected chi connectivity index (χ1v) is 7.54. The van der Waals surface area contributed by atoms with Crippen LogP contribution in [0.1, 0.15) is 11.1 Å². The molecular weight excluding hydrogens is 322 g/mol. The molecule has 0 fully saturated rings. The lowest BCUT2D eigenvalue weighted by Gasteiger charge is -2.16. The minimum absolute atomic E-state index is 0.418. The van der Waals surface area contributed by atoms with Gasteiger partial charge in [0.05, 0.1) is 0 Å². The second-order valence-electron chi connectivity index (χ2n) is 4.73. The molecule has 0 aliphatic heterocycles. The fourth-order valence-electron chi connectivity index (χ4n) is 2.17. The Kier molecular flexibility index (Phi) is 5.44. The molecule has 0 aliphatic rings. The van der Waals surface area contributed by atoms with Gasteiger partial charge in [-0.3, -0.25) is 0 Å². The van der Waals surface area contributed by atoms with E-state index in [9.17, 15) is 0 Å². The number of hydrogen-bond acceptors (Lipinski definition) is 1. The molecule has 2 N–H and O–H groups in total. The van der Waals surface area contributed by atoms with Crippen molar-refractivity contribution >= 4 is 27.5 Å². The second-order valence-corrected chi connectivity index (χ2v) is 6.05. The van der Waals surface area contributed by atoms with E-state index in [1.807, 2.05) is 18.2 Å². The minimum Gasteiger partial charge on any atom is -0.330 e. The summed E-state index contributed by atoms with van der Waals surface area (Å²) in [6, 6.07) is 16.4. The summed E-state index contributed by atoms with van der Waals surface area (Å²) in [5.41, 5.74) is 8.38. The minimum atomic E-state index is 0.418. The van der Waals surface area contributed by atoms with E-state index in [2.05, 4.69) is 46.3 Å². The van der Waals surface area contributed by atoms with Crippen molar-refractivity contribution in [1.29, 1.82) is 0 Å². The van der Waals surface area contributed by atoms with E-state index in [1.165, 1.54) is 11.1 Å². The average Bonchev–Trinajstić information content (AvgIpc) is 2.43. The van der Waals surface area contributed by atoms with Gasteiger partial charge >= 0.3 is 0 Å². The topological polar surface area (TPSA) is 26.0 Å². The van der Waals surface area contributed by atoms with Crippen LogP contribution in [0.15, 0.2) is 53.0 Å². The van der Waals surface area contributed by atoms with E-state index in [-0.39, 0.29) is 0 Å². The third-order valence-corrected chi connectivity index (χ3v) is 4.13. The van der Waals surface area contributed by atoms with Crippen molar-refractivity contribution in [3.05, 3.63) is 69.2 Å². The molecule has 3 heteroatoms. The molecule has 0 heterocycles. The van der Waals surface area contributed by atoms with Crippen LogP contribution in [0.25, 0.3) is 0 Å². The van der Waals surface area contributed by atoms with Gasteiger partial charge in [-0.05, 0) is 54.6 Å². The molecule has 0 saturated carbocycles. The number of benzene rings is 2. The number of halogens is 2.